The summed E-state index contributed by atoms with van der Waals surface area (Å²) >= 11 is 0. The molecule has 0 saturated heterocycles. The third-order valence-electron chi connectivity index (χ3n) is 1.95. The van der Waals surface area contributed by atoms with Gasteiger partial charge in [-0.25, -0.2) is 0 Å². The zero-order valence-corrected chi connectivity index (χ0v) is 7.36. The molecule has 0 bridgehead atoms. The molecule has 0 spiro atoms. The van der Waals surface area contributed by atoms with E-state index in [4.69, 9.17) is 10.2 Å². The molecule has 5 heteroatoms. The molecular formula is C7H15NO4. The minimum absolute atomic E-state index is 0.0231. The lowest BCUT2D eigenvalue weighted by Gasteiger charge is -2.36. The molecule has 5 nitrogen and oxygen atoms in total. The lowest BCUT2D eigenvalue weighted by atomic mass is 10.2. The first-order chi connectivity index (χ1) is 5.44. The molecule has 0 saturated carbocycles. The number of rotatable bonds is 5. The van der Waals surface area contributed by atoms with Crippen molar-refractivity contribution in [2.24, 2.45) is 0 Å². The van der Waals surface area contributed by atoms with Gasteiger partial charge in [0.25, 0.3) is 0 Å². The Labute approximate surface area is 71.4 Å². The van der Waals surface area contributed by atoms with Gasteiger partial charge in [-0.1, -0.05) is 0 Å². The van der Waals surface area contributed by atoms with Crippen LogP contribution in [0.25, 0.3) is 0 Å². The highest BCUT2D eigenvalue weighted by molar-refractivity contribution is 5.65. The Morgan fingerprint density at radius 3 is 2.08 bits per heavy atom. The Hall–Kier alpha value is -0.650. The standard InChI is InChI=1S/C7H15NO4/c1-8(2,3-7(11)12)6(4-9)5-10/h6,9-10H,3-5H2,1-2H3. The van der Waals surface area contributed by atoms with E-state index in [-0.39, 0.29) is 24.2 Å². The van der Waals surface area contributed by atoms with Crippen LogP contribution in [0.5, 0.6) is 0 Å². The monoisotopic (exact) mass is 177 g/mol. The number of carbonyl (C=O) groups excluding carboxylic acids is 1. The summed E-state index contributed by atoms with van der Waals surface area (Å²) in [6.07, 6.45) is 0. The van der Waals surface area contributed by atoms with Gasteiger partial charge in [0, 0.05) is 0 Å². The number of hydrogen-bond donors (Lipinski definition) is 2. The maximum absolute atomic E-state index is 10.3. The van der Waals surface area contributed by atoms with Gasteiger partial charge in [-0.3, -0.25) is 0 Å². The molecule has 0 amide bonds. The third-order valence-corrected chi connectivity index (χ3v) is 1.95. The first-order valence-electron chi connectivity index (χ1n) is 3.68. The normalized spacial score (nSPS) is 12.1. The first-order valence-corrected chi connectivity index (χ1v) is 3.68. The summed E-state index contributed by atoms with van der Waals surface area (Å²) in [6.45, 7) is -0.695. The van der Waals surface area contributed by atoms with Gasteiger partial charge in [0.05, 0.1) is 33.3 Å². The summed E-state index contributed by atoms with van der Waals surface area (Å²) in [4.78, 5) is 10.3. The van der Waals surface area contributed by atoms with Crippen LogP contribution in [0, 0.1) is 0 Å². The quantitative estimate of drug-likeness (QED) is 0.443. The molecule has 12 heavy (non-hydrogen) atoms. The van der Waals surface area contributed by atoms with E-state index in [2.05, 4.69) is 0 Å². The second kappa shape index (κ2) is 4.39. The number of carbonyl (C=O) groups is 1. The van der Waals surface area contributed by atoms with E-state index in [1.54, 1.807) is 14.1 Å². The molecule has 0 fully saturated rings. The van der Waals surface area contributed by atoms with Crippen molar-refractivity contribution in [1.29, 1.82) is 0 Å². The fourth-order valence-corrected chi connectivity index (χ4v) is 0.962. The molecule has 0 radical (unpaired) electrons. The highest BCUT2D eigenvalue weighted by Gasteiger charge is 2.26. The Morgan fingerprint density at radius 1 is 1.42 bits per heavy atom. The molecule has 0 aromatic carbocycles. The van der Waals surface area contributed by atoms with E-state index in [1.165, 1.54) is 0 Å². The van der Waals surface area contributed by atoms with E-state index in [0.717, 1.165) is 0 Å². The molecule has 0 heterocycles. The van der Waals surface area contributed by atoms with Crippen molar-refractivity contribution < 1.29 is 24.6 Å². The van der Waals surface area contributed by atoms with Gasteiger partial charge >= 0.3 is 0 Å². The number of carboxylic acid groups (broad SMARTS) is 1. The van der Waals surface area contributed by atoms with Gasteiger partial charge < -0.3 is 24.6 Å². The van der Waals surface area contributed by atoms with Crippen LogP contribution in [0.3, 0.4) is 0 Å². The topological polar surface area (TPSA) is 80.6 Å². The Morgan fingerprint density at radius 2 is 1.83 bits per heavy atom. The first kappa shape index (κ1) is 11.4. The fourth-order valence-electron chi connectivity index (χ4n) is 0.962. The largest absolute Gasteiger partial charge is 0.544 e. The summed E-state index contributed by atoms with van der Waals surface area (Å²) in [6, 6.07) is -0.470. The van der Waals surface area contributed by atoms with Crippen molar-refractivity contribution >= 4 is 5.97 Å². The van der Waals surface area contributed by atoms with Gasteiger partial charge in [-0.15, -0.1) is 0 Å². The van der Waals surface area contributed by atoms with E-state index in [9.17, 15) is 9.90 Å². The molecule has 0 unspecified atom stereocenters. The highest BCUT2D eigenvalue weighted by atomic mass is 16.4. The lowest BCUT2D eigenvalue weighted by molar-refractivity contribution is -0.910. The molecule has 0 aliphatic rings. The van der Waals surface area contributed by atoms with Crippen LogP contribution in [0.4, 0.5) is 0 Å². The van der Waals surface area contributed by atoms with Crippen LogP contribution in [0.2, 0.25) is 0 Å². The fraction of sp³-hybridized carbons (Fsp3) is 0.857. The third kappa shape index (κ3) is 3.17. The number of aliphatic hydroxyl groups is 2. The van der Waals surface area contributed by atoms with E-state index < -0.39 is 12.0 Å². The van der Waals surface area contributed by atoms with Crippen molar-refractivity contribution in [2.75, 3.05) is 33.9 Å². The number of aliphatic carboxylic acids is 1. The lowest BCUT2D eigenvalue weighted by Crippen LogP contribution is -2.57. The molecule has 0 aliphatic carbocycles. The van der Waals surface area contributed by atoms with Gasteiger partial charge in [0.15, 0.2) is 0 Å². The molecule has 0 atom stereocenters. The molecule has 0 aliphatic heterocycles. The number of quaternary nitrogens is 1. The maximum atomic E-state index is 10.3. The van der Waals surface area contributed by atoms with Crippen molar-refractivity contribution in [2.45, 2.75) is 6.04 Å². The van der Waals surface area contributed by atoms with E-state index in [0.29, 0.717) is 0 Å². The summed E-state index contributed by atoms with van der Waals surface area (Å²) in [5.74, 6) is -1.19. The average Bonchev–Trinajstić information content (AvgIpc) is 1.85. The Kier molecular flexibility index (Phi) is 4.16. The van der Waals surface area contributed by atoms with Crippen LogP contribution in [0.1, 0.15) is 0 Å². The SMILES string of the molecule is C[N+](C)(CC(=O)[O-])C(CO)CO. The second-order valence-electron chi connectivity index (χ2n) is 3.33. The van der Waals surface area contributed by atoms with E-state index in [1.807, 2.05) is 0 Å². The van der Waals surface area contributed by atoms with Gasteiger partial charge in [-0.2, -0.15) is 0 Å². The zero-order valence-electron chi connectivity index (χ0n) is 7.36. The zero-order chi connectivity index (χ0) is 9.78. The number of carboxylic acids is 1. The molecular weight excluding hydrogens is 162 g/mol. The summed E-state index contributed by atoms with van der Waals surface area (Å²) in [5.41, 5.74) is 0. The van der Waals surface area contributed by atoms with Gasteiger partial charge in [0.1, 0.15) is 12.6 Å². The molecule has 0 aromatic heterocycles. The molecule has 0 aromatic rings. The smallest absolute Gasteiger partial charge is 0.136 e. The van der Waals surface area contributed by atoms with Crippen molar-refractivity contribution in [3.8, 4) is 0 Å². The van der Waals surface area contributed by atoms with Gasteiger partial charge in [0.2, 0.25) is 0 Å². The molecule has 0 rings (SSSR count). The summed E-state index contributed by atoms with van der Waals surface area (Å²) in [7, 11) is 3.24. The van der Waals surface area contributed by atoms with E-state index >= 15 is 0 Å². The predicted octanol–water partition coefficient (Wildman–Crippen LogP) is -2.83. The molecule has 72 valence electrons. The number of likely N-dealkylation sites (N-methyl/N-ethyl adjacent to an activating group) is 1. The number of aliphatic hydroxyl groups excluding tert-OH is 2. The highest BCUT2D eigenvalue weighted by Crippen LogP contribution is 2.04. The van der Waals surface area contributed by atoms with Crippen molar-refractivity contribution in [1.82, 2.24) is 0 Å². The number of nitrogens with zero attached hydrogens (tertiary/aromatic N) is 1. The van der Waals surface area contributed by atoms with Crippen molar-refractivity contribution in [3.05, 3.63) is 0 Å². The molecule has 2 N–H and O–H groups in total. The predicted molar refractivity (Wildman–Crippen MR) is 39.9 cm³/mol. The summed E-state index contributed by atoms with van der Waals surface area (Å²) in [5, 5.41) is 27.8. The van der Waals surface area contributed by atoms with Crippen molar-refractivity contribution in [3.63, 3.8) is 0 Å². The summed E-state index contributed by atoms with van der Waals surface area (Å²) < 4.78 is 0.0231. The second-order valence-corrected chi connectivity index (χ2v) is 3.33. The van der Waals surface area contributed by atoms with Crippen LogP contribution in [-0.4, -0.2) is 60.6 Å². The van der Waals surface area contributed by atoms with Crippen LogP contribution < -0.4 is 5.11 Å². The minimum atomic E-state index is -1.19. The number of hydrogen-bond acceptors (Lipinski definition) is 4. The maximum Gasteiger partial charge on any atom is 0.136 e. The van der Waals surface area contributed by atoms with Gasteiger partial charge in [-0.05, 0) is 0 Å². The Balaban J connectivity index is 4.24. The average molecular weight is 177 g/mol. The Bertz CT molecular complexity index is 153. The van der Waals surface area contributed by atoms with Crippen LogP contribution >= 0.6 is 0 Å². The van der Waals surface area contributed by atoms with Crippen LogP contribution in [-0.2, 0) is 4.79 Å². The van der Waals surface area contributed by atoms with Crippen LogP contribution in [0.15, 0.2) is 0 Å². The minimum Gasteiger partial charge on any atom is -0.544 e.